The van der Waals surface area contributed by atoms with Gasteiger partial charge in [-0.05, 0) is 31.9 Å². The molecule has 150 valence electrons. The smallest absolute Gasteiger partial charge is 0.191 e. The van der Waals surface area contributed by atoms with Crippen LogP contribution >= 0.6 is 0 Å². The summed E-state index contributed by atoms with van der Waals surface area (Å²) in [6.07, 6.45) is 6.64. The summed E-state index contributed by atoms with van der Waals surface area (Å²) in [5, 5.41) is 10.9. The average molecular weight is 383 g/mol. The Morgan fingerprint density at radius 3 is 2.79 bits per heavy atom. The van der Waals surface area contributed by atoms with Crippen LogP contribution in [-0.4, -0.2) is 33.6 Å². The van der Waals surface area contributed by atoms with Crippen molar-refractivity contribution in [1.29, 1.82) is 0 Å². The molecule has 0 radical (unpaired) electrons. The van der Waals surface area contributed by atoms with Crippen molar-refractivity contribution in [2.75, 3.05) is 13.1 Å². The van der Waals surface area contributed by atoms with E-state index in [0.29, 0.717) is 6.54 Å². The van der Waals surface area contributed by atoms with Crippen molar-refractivity contribution < 1.29 is 4.52 Å². The highest BCUT2D eigenvalue weighted by Crippen LogP contribution is 2.16. The summed E-state index contributed by atoms with van der Waals surface area (Å²) in [5.41, 5.74) is 5.38. The van der Waals surface area contributed by atoms with E-state index in [9.17, 15) is 0 Å². The summed E-state index contributed by atoms with van der Waals surface area (Å²) >= 11 is 0. The van der Waals surface area contributed by atoms with E-state index in [1.54, 1.807) is 0 Å². The minimum Gasteiger partial charge on any atom is -0.361 e. The van der Waals surface area contributed by atoms with Crippen LogP contribution < -0.4 is 10.6 Å². The van der Waals surface area contributed by atoms with E-state index in [1.165, 1.54) is 5.56 Å². The molecule has 0 aliphatic carbocycles. The van der Waals surface area contributed by atoms with Gasteiger partial charge in [0.25, 0.3) is 0 Å². The summed E-state index contributed by atoms with van der Waals surface area (Å²) in [6, 6.07) is 4.13. The first-order valence-corrected chi connectivity index (χ1v) is 10.1. The number of fused-ring (bicyclic) bond motifs is 1. The number of pyridine rings is 1. The predicted octanol–water partition coefficient (Wildman–Crippen LogP) is 3.05. The van der Waals surface area contributed by atoms with Gasteiger partial charge in [0, 0.05) is 43.9 Å². The van der Waals surface area contributed by atoms with Crippen molar-refractivity contribution in [3.63, 3.8) is 0 Å². The number of aliphatic imine (C=N–C) groups is 1. The highest BCUT2D eigenvalue weighted by Gasteiger charge is 2.13. The third-order valence-electron chi connectivity index (χ3n) is 4.75. The molecular weight excluding hydrogens is 352 g/mol. The molecule has 0 aliphatic rings. The standard InChI is InChI=1S/C21H30N6O/c1-5-18-17(19(6-2)28-26-18)13-24-21(22-7-3)23-11-10-16-14-27-12-8-9-15(4)20(27)25-16/h8-9,12,14H,5-7,10-11,13H2,1-4H3,(H2,22,23,24). The summed E-state index contributed by atoms with van der Waals surface area (Å²) in [5.74, 6) is 1.73. The minimum atomic E-state index is 0.568. The Balaban J connectivity index is 1.63. The van der Waals surface area contributed by atoms with Crippen LogP contribution in [0.3, 0.4) is 0 Å². The Hall–Kier alpha value is -2.83. The van der Waals surface area contributed by atoms with Crippen LogP contribution in [0, 0.1) is 6.92 Å². The van der Waals surface area contributed by atoms with Crippen LogP contribution in [0.15, 0.2) is 34.0 Å². The zero-order chi connectivity index (χ0) is 19.9. The Labute approximate surface area is 166 Å². The number of nitrogens with zero attached hydrogens (tertiary/aromatic N) is 4. The zero-order valence-electron chi connectivity index (χ0n) is 17.2. The Kier molecular flexibility index (Phi) is 6.68. The maximum absolute atomic E-state index is 5.43. The highest BCUT2D eigenvalue weighted by molar-refractivity contribution is 5.79. The number of aryl methyl sites for hydroxylation is 3. The quantitative estimate of drug-likeness (QED) is 0.462. The van der Waals surface area contributed by atoms with Crippen LogP contribution in [0.1, 0.15) is 49.0 Å². The van der Waals surface area contributed by atoms with E-state index in [1.807, 2.05) is 12.3 Å². The molecule has 7 nitrogen and oxygen atoms in total. The lowest BCUT2D eigenvalue weighted by atomic mass is 10.1. The van der Waals surface area contributed by atoms with E-state index in [4.69, 9.17) is 14.5 Å². The third kappa shape index (κ3) is 4.52. The first-order valence-electron chi connectivity index (χ1n) is 10.1. The molecule has 0 spiro atoms. The average Bonchev–Trinajstić information content (AvgIpc) is 3.30. The number of rotatable bonds is 8. The molecule has 0 bridgehead atoms. The van der Waals surface area contributed by atoms with Crippen molar-refractivity contribution in [2.45, 2.75) is 53.5 Å². The van der Waals surface area contributed by atoms with E-state index >= 15 is 0 Å². The predicted molar refractivity (Wildman–Crippen MR) is 112 cm³/mol. The zero-order valence-corrected chi connectivity index (χ0v) is 17.2. The van der Waals surface area contributed by atoms with E-state index in [2.05, 4.69) is 60.1 Å². The first-order chi connectivity index (χ1) is 13.7. The van der Waals surface area contributed by atoms with Gasteiger partial charge in [0.1, 0.15) is 11.4 Å². The lowest BCUT2D eigenvalue weighted by Crippen LogP contribution is -2.38. The molecular formula is C21H30N6O. The maximum atomic E-state index is 5.43. The van der Waals surface area contributed by atoms with Crippen molar-refractivity contribution in [1.82, 2.24) is 25.2 Å². The SMILES string of the molecule is CCNC(=NCc1c(CC)noc1CC)NCCc1cn2cccc(C)c2n1. The molecule has 0 aromatic carbocycles. The van der Waals surface area contributed by atoms with Crippen molar-refractivity contribution in [3.05, 3.63) is 52.8 Å². The van der Waals surface area contributed by atoms with Gasteiger partial charge in [0.2, 0.25) is 0 Å². The molecule has 0 fully saturated rings. The molecule has 0 amide bonds. The number of aromatic nitrogens is 3. The van der Waals surface area contributed by atoms with E-state index < -0.39 is 0 Å². The summed E-state index contributed by atoms with van der Waals surface area (Å²) in [7, 11) is 0. The van der Waals surface area contributed by atoms with E-state index in [-0.39, 0.29) is 0 Å². The van der Waals surface area contributed by atoms with Gasteiger partial charge in [-0.25, -0.2) is 9.98 Å². The molecule has 7 heteroatoms. The molecule has 28 heavy (non-hydrogen) atoms. The molecule has 0 unspecified atom stereocenters. The van der Waals surface area contributed by atoms with Gasteiger partial charge in [-0.2, -0.15) is 0 Å². The lowest BCUT2D eigenvalue weighted by Gasteiger charge is -2.10. The normalized spacial score (nSPS) is 11.9. The van der Waals surface area contributed by atoms with Crippen LogP contribution in [0.5, 0.6) is 0 Å². The van der Waals surface area contributed by atoms with E-state index in [0.717, 1.165) is 66.7 Å². The summed E-state index contributed by atoms with van der Waals surface area (Å²) in [6.45, 7) is 10.5. The molecule has 0 saturated heterocycles. The van der Waals surface area contributed by atoms with Gasteiger partial charge in [-0.1, -0.05) is 25.1 Å². The molecule has 3 aromatic rings. The van der Waals surface area contributed by atoms with Crippen LogP contribution in [0.2, 0.25) is 0 Å². The Morgan fingerprint density at radius 2 is 2.07 bits per heavy atom. The summed E-state index contributed by atoms with van der Waals surface area (Å²) < 4.78 is 7.51. The largest absolute Gasteiger partial charge is 0.361 e. The molecule has 3 aromatic heterocycles. The van der Waals surface area contributed by atoms with Gasteiger partial charge in [0.05, 0.1) is 17.9 Å². The summed E-state index contributed by atoms with van der Waals surface area (Å²) in [4.78, 5) is 9.46. The molecule has 0 atom stereocenters. The fourth-order valence-corrected chi connectivity index (χ4v) is 3.25. The molecule has 0 aliphatic heterocycles. The molecule has 0 saturated carbocycles. The van der Waals surface area contributed by atoms with Crippen LogP contribution in [0.25, 0.3) is 5.65 Å². The lowest BCUT2D eigenvalue weighted by molar-refractivity contribution is 0.380. The van der Waals surface area contributed by atoms with Gasteiger partial charge in [0.15, 0.2) is 5.96 Å². The Morgan fingerprint density at radius 1 is 1.21 bits per heavy atom. The fraction of sp³-hybridized carbons (Fsp3) is 0.476. The number of nitrogens with one attached hydrogen (secondary N) is 2. The maximum Gasteiger partial charge on any atom is 0.191 e. The second-order valence-corrected chi connectivity index (χ2v) is 6.76. The molecule has 3 heterocycles. The van der Waals surface area contributed by atoms with Crippen LogP contribution in [0.4, 0.5) is 0 Å². The second-order valence-electron chi connectivity index (χ2n) is 6.76. The number of imidazole rings is 1. The second kappa shape index (κ2) is 9.39. The van der Waals surface area contributed by atoms with Crippen molar-refractivity contribution in [2.24, 2.45) is 4.99 Å². The molecule has 3 rings (SSSR count). The minimum absolute atomic E-state index is 0.568. The van der Waals surface area contributed by atoms with Gasteiger partial charge in [-0.15, -0.1) is 0 Å². The Bertz CT molecular complexity index is 918. The van der Waals surface area contributed by atoms with Gasteiger partial charge < -0.3 is 19.6 Å². The van der Waals surface area contributed by atoms with Gasteiger partial charge in [-0.3, -0.25) is 0 Å². The highest BCUT2D eigenvalue weighted by atomic mass is 16.5. The van der Waals surface area contributed by atoms with Gasteiger partial charge >= 0.3 is 0 Å². The fourth-order valence-electron chi connectivity index (χ4n) is 3.25. The number of guanidine groups is 1. The first kappa shape index (κ1) is 19.9. The van der Waals surface area contributed by atoms with Crippen LogP contribution in [-0.2, 0) is 25.8 Å². The topological polar surface area (TPSA) is 79.8 Å². The van der Waals surface area contributed by atoms with Crippen molar-refractivity contribution in [3.8, 4) is 0 Å². The molecule has 2 N–H and O–H groups in total. The van der Waals surface area contributed by atoms with Crippen molar-refractivity contribution >= 4 is 11.6 Å². The number of hydrogen-bond donors (Lipinski definition) is 2. The third-order valence-corrected chi connectivity index (χ3v) is 4.75. The monoisotopic (exact) mass is 382 g/mol. The number of hydrogen-bond acceptors (Lipinski definition) is 4.